The molecule has 4 bridgehead atoms. The number of benzene rings is 3. The number of hydrogen-bond acceptors (Lipinski definition) is 9. The Morgan fingerprint density at radius 2 is 1.17 bits per heavy atom. The molecule has 0 saturated carbocycles. The summed E-state index contributed by atoms with van der Waals surface area (Å²) in [6, 6.07) is 26.3. The summed E-state index contributed by atoms with van der Waals surface area (Å²) >= 11 is 0. The molecular weight excluding hydrogens is 733 g/mol. The predicted molar refractivity (Wildman–Crippen MR) is 235 cm³/mol. The maximum absolute atomic E-state index is 6.90. The molecule has 6 aliphatic rings. The van der Waals surface area contributed by atoms with E-state index in [9.17, 15) is 0 Å². The summed E-state index contributed by atoms with van der Waals surface area (Å²) in [5, 5.41) is 13.8. The Kier molecular flexibility index (Phi) is 10.6. The third kappa shape index (κ3) is 7.18. The Bertz CT molecular complexity index is 2460. The first kappa shape index (κ1) is 38.3. The topological polar surface area (TPSA) is 85.7 Å². The van der Waals surface area contributed by atoms with E-state index in [-0.39, 0.29) is 11.8 Å². The molecule has 3 aromatic heterocycles. The number of aromatic nitrogens is 4. The highest BCUT2D eigenvalue weighted by Crippen LogP contribution is 2.46. The molecule has 3 aromatic carbocycles. The predicted octanol–water partition coefficient (Wildman–Crippen LogP) is 9.61. The number of pyridine rings is 2. The molecule has 6 aromatic rings. The lowest BCUT2D eigenvalue weighted by atomic mass is 9.70. The smallest absolute Gasteiger partial charge is 0.241 e. The van der Waals surface area contributed by atoms with E-state index in [0.717, 1.165) is 76.2 Å². The van der Waals surface area contributed by atoms with Crippen molar-refractivity contribution in [2.24, 2.45) is 23.7 Å². The molecule has 0 amide bonds. The molecule has 12 rings (SSSR count). The highest BCUT2D eigenvalue weighted by molar-refractivity contribution is 5.90. The van der Waals surface area contributed by atoms with Gasteiger partial charge in [0.1, 0.15) is 5.75 Å². The van der Waals surface area contributed by atoms with Crippen LogP contribution in [0, 0.1) is 30.6 Å². The second kappa shape index (κ2) is 16.3. The molecule has 6 aliphatic heterocycles. The summed E-state index contributed by atoms with van der Waals surface area (Å²) in [6.07, 6.45) is 11.3. The molecule has 9 nitrogen and oxygen atoms in total. The van der Waals surface area contributed by atoms with Gasteiger partial charge in [0.2, 0.25) is 11.8 Å². The van der Waals surface area contributed by atoms with Crippen LogP contribution in [-0.2, 0) is 0 Å². The first-order valence-electron chi connectivity index (χ1n) is 22.3. The first-order valence-corrected chi connectivity index (χ1v) is 22.3. The molecule has 59 heavy (non-hydrogen) atoms. The number of methoxy groups -OCH3 is 1. The van der Waals surface area contributed by atoms with Crippen molar-refractivity contribution in [3.8, 4) is 17.5 Å². The lowest BCUT2D eigenvalue weighted by Crippen LogP contribution is -2.55. The lowest BCUT2D eigenvalue weighted by molar-refractivity contribution is -0.0177. The molecule has 0 spiro atoms. The zero-order valence-electron chi connectivity index (χ0n) is 35.1. The Labute approximate surface area is 348 Å². The van der Waals surface area contributed by atoms with Crippen molar-refractivity contribution in [1.82, 2.24) is 30.0 Å². The van der Waals surface area contributed by atoms with Crippen molar-refractivity contribution in [1.29, 1.82) is 0 Å². The van der Waals surface area contributed by atoms with E-state index in [1.807, 2.05) is 18.5 Å². The Hall–Kier alpha value is -4.86. The summed E-state index contributed by atoms with van der Waals surface area (Å²) in [5.74, 6) is 5.24. The lowest BCUT2D eigenvalue weighted by Gasteiger charge is -2.52. The SMILES string of the molecule is CCC1CN2CCC1C[C@@H]2[C@@H](COc1nnc(OC[C@@H](c2ccnc3ccc(C)cc23)[C@H]2C[C@H]3CCN2C[C@@H]3CC)c2ccccc12)c1ccnc2ccc(OC)cc12. The van der Waals surface area contributed by atoms with Crippen LogP contribution in [0.25, 0.3) is 32.6 Å². The number of fused-ring (bicyclic) bond motifs is 9. The van der Waals surface area contributed by atoms with Gasteiger partial charge in [0.15, 0.2) is 0 Å². The van der Waals surface area contributed by atoms with Crippen LogP contribution in [0.5, 0.6) is 17.5 Å². The molecule has 0 radical (unpaired) electrons. The summed E-state index contributed by atoms with van der Waals surface area (Å²) < 4.78 is 19.5. The fourth-order valence-electron chi connectivity index (χ4n) is 11.7. The van der Waals surface area contributed by atoms with Crippen LogP contribution in [0.1, 0.15) is 80.9 Å². The van der Waals surface area contributed by atoms with Gasteiger partial charge in [-0.2, -0.15) is 0 Å². The second-order valence-corrected chi connectivity index (χ2v) is 17.9. The summed E-state index contributed by atoms with van der Waals surface area (Å²) in [4.78, 5) is 15.0. The fraction of sp³-hybridized carbons (Fsp3) is 0.480. The van der Waals surface area contributed by atoms with E-state index in [0.29, 0.717) is 37.1 Å². The first-order chi connectivity index (χ1) is 29.0. The summed E-state index contributed by atoms with van der Waals surface area (Å²) in [7, 11) is 1.73. The molecule has 306 valence electrons. The Morgan fingerprint density at radius 1 is 0.644 bits per heavy atom. The number of piperidine rings is 6. The minimum absolute atomic E-state index is 0.109. The molecule has 4 unspecified atom stereocenters. The van der Waals surface area contributed by atoms with Crippen molar-refractivity contribution in [3.05, 3.63) is 102 Å². The Morgan fingerprint density at radius 3 is 1.66 bits per heavy atom. The molecule has 0 aliphatic carbocycles. The maximum atomic E-state index is 6.90. The minimum atomic E-state index is 0.109. The van der Waals surface area contributed by atoms with Gasteiger partial charge in [-0.15, -0.1) is 10.2 Å². The zero-order chi connectivity index (χ0) is 40.0. The second-order valence-electron chi connectivity index (χ2n) is 17.9. The molecule has 9 heteroatoms. The van der Waals surface area contributed by atoms with Crippen LogP contribution in [0.4, 0.5) is 0 Å². The van der Waals surface area contributed by atoms with E-state index in [4.69, 9.17) is 34.4 Å². The van der Waals surface area contributed by atoms with E-state index in [1.165, 1.54) is 67.1 Å². The largest absolute Gasteiger partial charge is 0.497 e. The summed E-state index contributed by atoms with van der Waals surface area (Å²) in [5.41, 5.74) is 5.81. The molecular formula is C50H58N6O3. The van der Waals surface area contributed by atoms with Crippen LogP contribution in [0.15, 0.2) is 85.2 Å². The standard InChI is InChI=1S/C50H58N6O3/c1-5-32-27-55-21-17-34(32)24-47(55)43(37-15-19-51-45-13-11-31(3)23-41(37)45)29-58-49-39-9-7-8-10-40(39)50(54-53-49)59-30-44(48-25-35-18-22-56(48)28-33(35)6-2)38-16-20-52-46-14-12-36(57-4)26-42(38)46/h7-16,19-20,23,26,32-35,43-44,47-48H,5-6,17-18,21-22,24-25,27-30H2,1-4H3/t32-,33?,34+,35?,43-,44-,47+,48+/m0/s1. The average Bonchev–Trinajstić information content (AvgIpc) is 3.29. The number of rotatable bonds is 13. The van der Waals surface area contributed by atoms with Gasteiger partial charge in [-0.25, -0.2) is 0 Å². The third-order valence-electron chi connectivity index (χ3n) is 15.0. The molecule has 9 heterocycles. The van der Waals surface area contributed by atoms with E-state index in [1.54, 1.807) is 7.11 Å². The maximum Gasteiger partial charge on any atom is 0.241 e. The van der Waals surface area contributed by atoms with Crippen LogP contribution in [0.2, 0.25) is 0 Å². The van der Waals surface area contributed by atoms with Gasteiger partial charge in [0.05, 0.1) is 42.1 Å². The highest BCUT2D eigenvalue weighted by atomic mass is 16.5. The molecule has 6 fully saturated rings. The van der Waals surface area contributed by atoms with Gasteiger partial charge < -0.3 is 14.2 Å². The van der Waals surface area contributed by atoms with Crippen LogP contribution < -0.4 is 14.2 Å². The van der Waals surface area contributed by atoms with E-state index in [2.05, 4.69) is 97.3 Å². The van der Waals surface area contributed by atoms with Gasteiger partial charge in [-0.3, -0.25) is 19.8 Å². The van der Waals surface area contributed by atoms with Crippen LogP contribution in [0.3, 0.4) is 0 Å². The van der Waals surface area contributed by atoms with Crippen molar-refractivity contribution in [2.75, 3.05) is 46.5 Å². The van der Waals surface area contributed by atoms with Crippen LogP contribution >= 0.6 is 0 Å². The fourth-order valence-corrected chi connectivity index (χ4v) is 11.7. The summed E-state index contributed by atoms with van der Waals surface area (Å²) in [6.45, 7) is 12.5. The number of aryl methyl sites for hydroxylation is 1. The van der Waals surface area contributed by atoms with Crippen LogP contribution in [-0.4, -0.2) is 88.6 Å². The number of hydrogen-bond donors (Lipinski definition) is 0. The quantitative estimate of drug-likeness (QED) is 0.114. The van der Waals surface area contributed by atoms with Gasteiger partial charge in [0, 0.05) is 60.2 Å². The van der Waals surface area contributed by atoms with Gasteiger partial charge in [0.25, 0.3) is 0 Å². The zero-order valence-corrected chi connectivity index (χ0v) is 35.1. The molecule has 6 saturated heterocycles. The van der Waals surface area contributed by atoms with Gasteiger partial charge >= 0.3 is 0 Å². The van der Waals surface area contributed by atoms with Crippen molar-refractivity contribution in [3.63, 3.8) is 0 Å². The van der Waals surface area contributed by atoms with Gasteiger partial charge in [-0.1, -0.05) is 50.5 Å². The van der Waals surface area contributed by atoms with Crippen molar-refractivity contribution >= 4 is 32.6 Å². The van der Waals surface area contributed by atoms with Crippen molar-refractivity contribution in [2.45, 2.75) is 83.2 Å². The average molecular weight is 791 g/mol. The Balaban J connectivity index is 0.965. The number of ether oxygens (including phenoxy) is 3. The monoisotopic (exact) mass is 790 g/mol. The molecule has 0 N–H and O–H groups in total. The van der Waals surface area contributed by atoms with E-state index >= 15 is 0 Å². The highest BCUT2D eigenvalue weighted by Gasteiger charge is 2.45. The third-order valence-corrected chi connectivity index (χ3v) is 15.0. The van der Waals surface area contributed by atoms with Crippen molar-refractivity contribution < 1.29 is 14.2 Å². The van der Waals surface area contributed by atoms with E-state index < -0.39 is 0 Å². The number of nitrogens with zero attached hydrogens (tertiary/aromatic N) is 6. The normalized spacial score (nSPS) is 27.3. The molecule has 10 atom stereocenters. The van der Waals surface area contributed by atoms with Gasteiger partial charge in [-0.05, 0) is 135 Å². The minimum Gasteiger partial charge on any atom is -0.497 e.